The number of ether oxygens (including phenoxy) is 1. The van der Waals surface area contributed by atoms with E-state index in [1.165, 1.54) is 6.07 Å². The average molecular weight is 352 g/mol. The first-order valence-electron chi connectivity index (χ1n) is 6.89. The molecule has 2 aromatic carbocycles. The molecule has 0 amide bonds. The quantitative estimate of drug-likeness (QED) is 0.849. The molecule has 4 heteroatoms. The Bertz CT molecular complexity index is 630. The van der Waals surface area contributed by atoms with Gasteiger partial charge in [0.1, 0.15) is 11.6 Å². The largest absolute Gasteiger partial charge is 0.496 e. The molecule has 0 aliphatic heterocycles. The molecule has 1 N–H and O–H groups in total. The van der Waals surface area contributed by atoms with Crippen molar-refractivity contribution in [3.63, 3.8) is 0 Å². The van der Waals surface area contributed by atoms with Gasteiger partial charge in [-0.2, -0.15) is 0 Å². The summed E-state index contributed by atoms with van der Waals surface area (Å²) in [6.07, 6.45) is 0. The average Bonchev–Trinajstić information content (AvgIpc) is 2.47. The van der Waals surface area contributed by atoms with Crippen LogP contribution in [0.3, 0.4) is 0 Å². The Kier molecular flexibility index (Phi) is 5.37. The summed E-state index contributed by atoms with van der Waals surface area (Å²) >= 11 is 3.49. The van der Waals surface area contributed by atoms with Gasteiger partial charge in [-0.15, -0.1) is 0 Å². The summed E-state index contributed by atoms with van der Waals surface area (Å²) in [5.41, 5.74) is 2.70. The number of hydrogen-bond donors (Lipinski definition) is 1. The molecule has 0 bridgehead atoms. The third-order valence-corrected chi connectivity index (χ3v) is 4.00. The maximum Gasteiger partial charge on any atom is 0.133 e. The van der Waals surface area contributed by atoms with Gasteiger partial charge >= 0.3 is 0 Å². The second-order valence-corrected chi connectivity index (χ2v) is 5.76. The zero-order chi connectivity index (χ0) is 15.4. The predicted octanol–water partition coefficient (Wildman–Crippen LogP) is 4.60. The number of rotatable bonds is 5. The van der Waals surface area contributed by atoms with E-state index in [1.807, 2.05) is 38.1 Å². The van der Waals surface area contributed by atoms with Crippen molar-refractivity contribution in [1.29, 1.82) is 0 Å². The van der Waals surface area contributed by atoms with Gasteiger partial charge in [-0.1, -0.05) is 30.7 Å². The van der Waals surface area contributed by atoms with Crippen LogP contribution in [0, 0.1) is 12.7 Å². The second kappa shape index (κ2) is 7.05. The molecule has 21 heavy (non-hydrogen) atoms. The molecule has 0 heterocycles. The highest BCUT2D eigenvalue weighted by molar-refractivity contribution is 9.10. The van der Waals surface area contributed by atoms with Gasteiger partial charge in [-0.05, 0) is 53.2 Å². The van der Waals surface area contributed by atoms with Crippen molar-refractivity contribution in [1.82, 2.24) is 5.32 Å². The number of hydrogen-bond acceptors (Lipinski definition) is 2. The Morgan fingerprint density at radius 3 is 2.62 bits per heavy atom. The standard InChI is InChI=1S/C17H19BrFNO/c1-4-20-17(13-9-11(2)5-7-15(13)19)12-6-8-16(21-3)14(18)10-12/h5-10,17,20H,4H2,1-3H3. The minimum atomic E-state index is -0.196. The van der Waals surface area contributed by atoms with E-state index in [4.69, 9.17) is 4.74 Å². The summed E-state index contributed by atoms with van der Waals surface area (Å²) in [6.45, 7) is 4.73. The summed E-state index contributed by atoms with van der Waals surface area (Å²) in [7, 11) is 1.63. The number of aryl methyl sites for hydroxylation is 1. The van der Waals surface area contributed by atoms with E-state index in [-0.39, 0.29) is 11.9 Å². The topological polar surface area (TPSA) is 21.3 Å². The van der Waals surface area contributed by atoms with Gasteiger partial charge in [0.25, 0.3) is 0 Å². The molecule has 0 aromatic heterocycles. The minimum absolute atomic E-state index is 0.183. The Morgan fingerprint density at radius 2 is 2.00 bits per heavy atom. The third-order valence-electron chi connectivity index (χ3n) is 3.38. The van der Waals surface area contributed by atoms with Gasteiger partial charge in [0.05, 0.1) is 17.6 Å². The van der Waals surface area contributed by atoms with Crippen LogP contribution in [0.15, 0.2) is 40.9 Å². The van der Waals surface area contributed by atoms with Crippen molar-refractivity contribution in [2.45, 2.75) is 19.9 Å². The van der Waals surface area contributed by atoms with Gasteiger partial charge in [0, 0.05) is 5.56 Å². The van der Waals surface area contributed by atoms with Crippen LogP contribution in [-0.4, -0.2) is 13.7 Å². The Balaban J connectivity index is 2.48. The molecular weight excluding hydrogens is 333 g/mol. The first kappa shape index (κ1) is 16.0. The van der Waals surface area contributed by atoms with Crippen LogP contribution in [0.5, 0.6) is 5.75 Å². The lowest BCUT2D eigenvalue weighted by atomic mass is 9.96. The molecule has 2 rings (SSSR count). The maximum atomic E-state index is 14.2. The molecule has 0 aliphatic carbocycles. The number of nitrogens with one attached hydrogen (secondary N) is 1. The van der Waals surface area contributed by atoms with Crippen LogP contribution in [0.25, 0.3) is 0 Å². The summed E-state index contributed by atoms with van der Waals surface area (Å²) < 4.78 is 20.3. The molecule has 112 valence electrons. The van der Waals surface area contributed by atoms with Crippen LogP contribution < -0.4 is 10.1 Å². The van der Waals surface area contributed by atoms with E-state index >= 15 is 0 Å². The summed E-state index contributed by atoms with van der Waals surface area (Å²) in [5, 5.41) is 3.35. The normalized spacial score (nSPS) is 12.2. The summed E-state index contributed by atoms with van der Waals surface area (Å²) in [6, 6.07) is 10.8. The van der Waals surface area contributed by atoms with E-state index in [2.05, 4.69) is 21.2 Å². The summed E-state index contributed by atoms with van der Waals surface area (Å²) in [5.74, 6) is 0.567. The van der Waals surface area contributed by atoms with Gasteiger partial charge in [-0.25, -0.2) is 4.39 Å². The van der Waals surface area contributed by atoms with Crippen LogP contribution in [-0.2, 0) is 0 Å². The van der Waals surface area contributed by atoms with E-state index in [0.29, 0.717) is 5.56 Å². The maximum absolute atomic E-state index is 14.2. The lowest BCUT2D eigenvalue weighted by Crippen LogP contribution is -2.23. The molecule has 1 atom stereocenters. The van der Waals surface area contributed by atoms with Crippen molar-refractivity contribution in [2.75, 3.05) is 13.7 Å². The number of benzene rings is 2. The van der Waals surface area contributed by atoms with Gasteiger partial charge in [-0.3, -0.25) is 0 Å². The van der Waals surface area contributed by atoms with E-state index in [1.54, 1.807) is 13.2 Å². The van der Waals surface area contributed by atoms with Crippen molar-refractivity contribution in [3.05, 3.63) is 63.4 Å². The molecule has 0 radical (unpaired) electrons. The molecule has 0 spiro atoms. The van der Waals surface area contributed by atoms with Crippen LogP contribution in [0.1, 0.15) is 29.7 Å². The molecule has 2 aromatic rings. The first-order chi connectivity index (χ1) is 10.1. The van der Waals surface area contributed by atoms with Crippen molar-refractivity contribution in [3.8, 4) is 5.75 Å². The van der Waals surface area contributed by atoms with E-state index in [9.17, 15) is 4.39 Å². The molecule has 0 aliphatic rings. The summed E-state index contributed by atoms with van der Waals surface area (Å²) in [4.78, 5) is 0. The highest BCUT2D eigenvalue weighted by atomic mass is 79.9. The minimum Gasteiger partial charge on any atom is -0.496 e. The molecule has 1 unspecified atom stereocenters. The Labute approximate surface area is 133 Å². The smallest absolute Gasteiger partial charge is 0.133 e. The fourth-order valence-corrected chi connectivity index (χ4v) is 2.92. The zero-order valence-electron chi connectivity index (χ0n) is 12.4. The monoisotopic (exact) mass is 351 g/mol. The fraction of sp³-hybridized carbons (Fsp3) is 0.294. The van der Waals surface area contributed by atoms with E-state index < -0.39 is 0 Å². The van der Waals surface area contributed by atoms with Crippen LogP contribution >= 0.6 is 15.9 Å². The van der Waals surface area contributed by atoms with Crippen molar-refractivity contribution < 1.29 is 9.13 Å². The van der Waals surface area contributed by atoms with Gasteiger partial charge in [0.15, 0.2) is 0 Å². The molecule has 0 saturated carbocycles. The molecule has 0 fully saturated rings. The molecular formula is C17H19BrFNO. The molecule has 0 saturated heterocycles. The van der Waals surface area contributed by atoms with Crippen LogP contribution in [0.2, 0.25) is 0 Å². The first-order valence-corrected chi connectivity index (χ1v) is 7.69. The highest BCUT2D eigenvalue weighted by Crippen LogP contribution is 2.31. The SMILES string of the molecule is CCNC(c1ccc(OC)c(Br)c1)c1cc(C)ccc1F. The zero-order valence-corrected chi connectivity index (χ0v) is 14.0. The van der Waals surface area contributed by atoms with Gasteiger partial charge < -0.3 is 10.1 Å². The Morgan fingerprint density at radius 1 is 1.24 bits per heavy atom. The highest BCUT2D eigenvalue weighted by Gasteiger charge is 2.18. The fourth-order valence-electron chi connectivity index (χ4n) is 2.36. The second-order valence-electron chi connectivity index (χ2n) is 4.91. The van der Waals surface area contributed by atoms with Gasteiger partial charge in [0.2, 0.25) is 0 Å². The predicted molar refractivity (Wildman–Crippen MR) is 87.4 cm³/mol. The Hall–Kier alpha value is -1.39. The van der Waals surface area contributed by atoms with Crippen molar-refractivity contribution >= 4 is 15.9 Å². The van der Waals surface area contributed by atoms with Crippen LogP contribution in [0.4, 0.5) is 4.39 Å². The lowest BCUT2D eigenvalue weighted by molar-refractivity contribution is 0.411. The number of methoxy groups -OCH3 is 1. The molecule has 2 nitrogen and oxygen atoms in total. The lowest BCUT2D eigenvalue weighted by Gasteiger charge is -2.21. The van der Waals surface area contributed by atoms with E-state index in [0.717, 1.165) is 27.9 Å². The third kappa shape index (κ3) is 3.63. The van der Waals surface area contributed by atoms with Crippen molar-refractivity contribution in [2.24, 2.45) is 0 Å². The number of halogens is 2.